The van der Waals surface area contributed by atoms with Gasteiger partial charge in [-0.1, -0.05) is 52.5 Å². The Labute approximate surface area is 229 Å². The lowest BCUT2D eigenvalue weighted by molar-refractivity contribution is -0.145. The number of likely N-dealkylation sites (tertiary alicyclic amines) is 1. The van der Waals surface area contributed by atoms with Crippen LogP contribution in [0.25, 0.3) is 0 Å². The Morgan fingerprint density at radius 1 is 1.13 bits per heavy atom. The van der Waals surface area contributed by atoms with Gasteiger partial charge in [-0.2, -0.15) is 0 Å². The molecule has 39 heavy (non-hydrogen) atoms. The average molecular weight is 540 g/mol. The third kappa shape index (κ3) is 6.15. The molecule has 4 amide bonds. The summed E-state index contributed by atoms with van der Waals surface area (Å²) in [5.41, 5.74) is 5.85. The molecule has 212 valence electrons. The van der Waals surface area contributed by atoms with Crippen molar-refractivity contribution in [2.75, 3.05) is 6.54 Å². The van der Waals surface area contributed by atoms with Crippen LogP contribution in [0.1, 0.15) is 71.3 Å². The van der Waals surface area contributed by atoms with Crippen molar-refractivity contribution < 1.29 is 24.0 Å². The molecule has 2 saturated carbocycles. The summed E-state index contributed by atoms with van der Waals surface area (Å²) in [6, 6.07) is 1.05. The zero-order chi connectivity index (χ0) is 28.3. The Balaban J connectivity index is 1.55. The monoisotopic (exact) mass is 539 g/mol. The van der Waals surface area contributed by atoms with Crippen LogP contribution in [-0.2, 0) is 30.4 Å². The van der Waals surface area contributed by atoms with Crippen LogP contribution >= 0.6 is 0 Å². The number of ketones is 1. The van der Waals surface area contributed by atoms with E-state index >= 15 is 0 Å². The third-order valence-corrected chi connectivity index (χ3v) is 9.00. The van der Waals surface area contributed by atoms with Crippen LogP contribution in [0.5, 0.6) is 0 Å². The maximum atomic E-state index is 14.2. The Morgan fingerprint density at radius 3 is 2.46 bits per heavy atom. The molecular formula is C29H41N5O5. The van der Waals surface area contributed by atoms with Gasteiger partial charge in [0.2, 0.25) is 23.5 Å². The van der Waals surface area contributed by atoms with E-state index in [-0.39, 0.29) is 47.8 Å². The normalized spacial score (nSPS) is 25.2. The number of rotatable bonds is 11. The highest BCUT2D eigenvalue weighted by atomic mass is 16.2. The van der Waals surface area contributed by atoms with E-state index < -0.39 is 35.7 Å². The van der Waals surface area contributed by atoms with Crippen LogP contribution in [0, 0.1) is 23.2 Å². The highest BCUT2D eigenvalue weighted by Gasteiger charge is 2.69. The van der Waals surface area contributed by atoms with Crippen molar-refractivity contribution in [3.63, 3.8) is 0 Å². The zero-order valence-electron chi connectivity index (χ0n) is 23.2. The second-order valence-corrected chi connectivity index (χ2v) is 11.9. The average Bonchev–Trinajstić information content (AvgIpc) is 3.24. The summed E-state index contributed by atoms with van der Waals surface area (Å²) in [5, 5.41) is 5.75. The SMILES string of the molecule is CCCC(NC(=O)[C@@H]1[C@@H]2[C@H](CN1C(=O)[C@@H](NC(=O)Cc1cccnc1)C1CCCCC1)C2(C)C)C(=O)C(N)=O. The first kappa shape index (κ1) is 28.7. The molecule has 1 aromatic heterocycles. The quantitative estimate of drug-likeness (QED) is 0.363. The smallest absolute Gasteiger partial charge is 0.287 e. The Kier molecular flexibility index (Phi) is 8.71. The van der Waals surface area contributed by atoms with Crippen molar-refractivity contribution in [2.45, 2.75) is 90.3 Å². The first-order valence-corrected chi connectivity index (χ1v) is 14.2. The second-order valence-electron chi connectivity index (χ2n) is 11.9. The molecule has 1 saturated heterocycles. The molecule has 1 unspecified atom stereocenters. The highest BCUT2D eigenvalue weighted by molar-refractivity contribution is 6.37. The lowest BCUT2D eigenvalue weighted by atomic mass is 9.83. The van der Waals surface area contributed by atoms with Crippen LogP contribution < -0.4 is 16.4 Å². The number of aromatic nitrogens is 1. The number of fused-ring (bicyclic) bond motifs is 1. The molecule has 5 atom stereocenters. The first-order chi connectivity index (χ1) is 18.6. The van der Waals surface area contributed by atoms with Crippen molar-refractivity contribution in [1.29, 1.82) is 0 Å². The Morgan fingerprint density at radius 2 is 1.85 bits per heavy atom. The minimum Gasteiger partial charge on any atom is -0.363 e. The largest absolute Gasteiger partial charge is 0.363 e. The summed E-state index contributed by atoms with van der Waals surface area (Å²) < 4.78 is 0. The van der Waals surface area contributed by atoms with Gasteiger partial charge in [0, 0.05) is 18.9 Å². The summed E-state index contributed by atoms with van der Waals surface area (Å²) in [6.07, 6.45) is 8.98. The molecule has 0 bridgehead atoms. The summed E-state index contributed by atoms with van der Waals surface area (Å²) in [4.78, 5) is 70.5. The lowest BCUT2D eigenvalue weighted by Crippen LogP contribution is -2.59. The molecule has 10 heteroatoms. The standard InChI is InChI=1S/C29H41N5O5/c1-4-9-20(25(36)26(30)37)32-27(38)24-22-19(29(22,2)3)16-34(24)28(39)23(18-11-6-5-7-12-18)33-21(35)14-17-10-8-13-31-15-17/h8,10,13,15,18-20,22-24H,4-7,9,11-12,14,16H2,1-3H3,(H2,30,37)(H,32,38)(H,33,35)/t19-,20?,22-,23-,24-/m0/s1. The minimum atomic E-state index is -1.09. The van der Waals surface area contributed by atoms with Crippen LogP contribution in [0.15, 0.2) is 24.5 Å². The Bertz CT molecular complexity index is 1100. The van der Waals surface area contributed by atoms with Crippen LogP contribution in [0.3, 0.4) is 0 Å². The topological polar surface area (TPSA) is 152 Å². The fourth-order valence-corrected chi connectivity index (χ4v) is 6.74. The van der Waals surface area contributed by atoms with Gasteiger partial charge in [-0.3, -0.25) is 29.0 Å². The van der Waals surface area contributed by atoms with Crippen molar-refractivity contribution in [1.82, 2.24) is 20.5 Å². The molecule has 2 heterocycles. The highest BCUT2D eigenvalue weighted by Crippen LogP contribution is 2.65. The number of hydrogen-bond donors (Lipinski definition) is 3. The predicted octanol–water partition coefficient (Wildman–Crippen LogP) is 1.51. The molecule has 1 aliphatic heterocycles. The molecule has 4 rings (SSSR count). The number of Topliss-reactive ketones (excluding diaryl/α,β-unsaturated/α-hetero) is 1. The molecule has 0 radical (unpaired) electrons. The summed E-state index contributed by atoms with van der Waals surface area (Å²) in [7, 11) is 0. The summed E-state index contributed by atoms with van der Waals surface area (Å²) >= 11 is 0. The lowest BCUT2D eigenvalue weighted by Gasteiger charge is -2.37. The summed E-state index contributed by atoms with van der Waals surface area (Å²) in [6.45, 7) is 6.42. The number of nitrogens with zero attached hydrogens (tertiary/aromatic N) is 2. The van der Waals surface area contributed by atoms with E-state index in [2.05, 4.69) is 29.5 Å². The molecule has 3 fully saturated rings. The number of hydrogen-bond acceptors (Lipinski definition) is 6. The predicted molar refractivity (Wildman–Crippen MR) is 144 cm³/mol. The zero-order valence-corrected chi connectivity index (χ0v) is 23.2. The minimum absolute atomic E-state index is 0.0120. The molecule has 2 aliphatic carbocycles. The number of primary amides is 1. The van der Waals surface area contributed by atoms with Gasteiger partial charge in [0.15, 0.2) is 0 Å². The van der Waals surface area contributed by atoms with Crippen LogP contribution in [-0.4, -0.2) is 64.0 Å². The van der Waals surface area contributed by atoms with Gasteiger partial charge >= 0.3 is 0 Å². The number of piperidine rings is 1. The van der Waals surface area contributed by atoms with Gasteiger partial charge in [-0.15, -0.1) is 0 Å². The van der Waals surface area contributed by atoms with E-state index in [9.17, 15) is 24.0 Å². The van der Waals surface area contributed by atoms with Crippen molar-refractivity contribution in [2.24, 2.45) is 28.9 Å². The van der Waals surface area contributed by atoms with E-state index in [0.29, 0.717) is 13.0 Å². The second kappa shape index (κ2) is 11.8. The fraction of sp³-hybridized carbons (Fsp3) is 0.655. The van der Waals surface area contributed by atoms with Crippen molar-refractivity contribution in [3.8, 4) is 0 Å². The molecule has 0 spiro atoms. The van der Waals surface area contributed by atoms with Gasteiger partial charge in [0.05, 0.1) is 12.5 Å². The number of amides is 4. The molecule has 10 nitrogen and oxygen atoms in total. The van der Waals surface area contributed by atoms with Crippen LogP contribution in [0.2, 0.25) is 0 Å². The Hall–Kier alpha value is -3.30. The fourth-order valence-electron chi connectivity index (χ4n) is 6.74. The summed E-state index contributed by atoms with van der Waals surface area (Å²) in [5.74, 6) is -2.81. The molecule has 0 aromatic carbocycles. The van der Waals surface area contributed by atoms with E-state index in [4.69, 9.17) is 5.73 Å². The van der Waals surface area contributed by atoms with Gasteiger partial charge in [0.1, 0.15) is 12.1 Å². The first-order valence-electron chi connectivity index (χ1n) is 14.2. The molecule has 4 N–H and O–H groups in total. The van der Waals surface area contributed by atoms with Crippen molar-refractivity contribution >= 4 is 29.4 Å². The number of nitrogens with one attached hydrogen (secondary N) is 2. The third-order valence-electron chi connectivity index (χ3n) is 9.00. The van der Waals surface area contributed by atoms with Crippen LogP contribution in [0.4, 0.5) is 0 Å². The molecular weight excluding hydrogens is 498 g/mol. The number of pyridine rings is 1. The van der Waals surface area contributed by atoms with Gasteiger partial charge in [-0.05, 0) is 54.1 Å². The number of carbonyl (C=O) groups excluding carboxylic acids is 5. The van der Waals surface area contributed by atoms with E-state index in [1.165, 1.54) is 0 Å². The maximum Gasteiger partial charge on any atom is 0.287 e. The van der Waals surface area contributed by atoms with Gasteiger partial charge < -0.3 is 21.3 Å². The number of carbonyl (C=O) groups is 5. The van der Waals surface area contributed by atoms with E-state index in [1.54, 1.807) is 23.4 Å². The number of nitrogens with two attached hydrogens (primary N) is 1. The maximum absolute atomic E-state index is 14.2. The molecule has 3 aliphatic rings. The van der Waals surface area contributed by atoms with E-state index in [0.717, 1.165) is 37.7 Å². The van der Waals surface area contributed by atoms with Crippen molar-refractivity contribution in [3.05, 3.63) is 30.1 Å². The molecule has 1 aromatic rings. The van der Waals surface area contributed by atoms with Gasteiger partial charge in [0.25, 0.3) is 5.91 Å². The van der Waals surface area contributed by atoms with Gasteiger partial charge in [-0.25, -0.2) is 0 Å². The van der Waals surface area contributed by atoms with E-state index in [1.807, 2.05) is 13.0 Å².